The highest BCUT2D eigenvalue weighted by Crippen LogP contribution is 2.24. The average Bonchev–Trinajstić information content (AvgIpc) is 2.68. The fourth-order valence-corrected chi connectivity index (χ4v) is 3.76. The Morgan fingerprint density at radius 3 is 2.17 bits per heavy atom. The normalized spacial score (nSPS) is 11.7. The van der Waals surface area contributed by atoms with Crippen LogP contribution in [-0.2, 0) is 15.4 Å². The van der Waals surface area contributed by atoms with Gasteiger partial charge in [-0.3, -0.25) is 14.5 Å². The van der Waals surface area contributed by atoms with E-state index in [0.717, 1.165) is 5.56 Å². The topological polar surface area (TPSA) is 88.2 Å². The molecule has 0 atom stereocenters. The van der Waals surface area contributed by atoms with E-state index in [1.807, 2.05) is 12.1 Å². The summed E-state index contributed by atoms with van der Waals surface area (Å²) in [7, 11) is -3.77. The van der Waals surface area contributed by atoms with Crippen molar-refractivity contribution in [1.82, 2.24) is 4.98 Å². The number of hydrogen-bond donors (Lipinski definition) is 2. The minimum atomic E-state index is -3.77. The van der Waals surface area contributed by atoms with Crippen LogP contribution in [0.15, 0.2) is 78.0 Å². The molecule has 0 spiro atoms. The third kappa shape index (κ3) is 5.20. The number of aromatic nitrogens is 1. The summed E-state index contributed by atoms with van der Waals surface area (Å²) in [6.45, 7) is 6.20. The number of pyridine rings is 1. The number of anilines is 2. The first-order valence-corrected chi connectivity index (χ1v) is 10.6. The number of hydrogen-bond acceptors (Lipinski definition) is 4. The molecule has 0 bridgehead atoms. The third-order valence-electron chi connectivity index (χ3n) is 4.35. The van der Waals surface area contributed by atoms with Gasteiger partial charge in [-0.2, -0.15) is 0 Å². The molecule has 0 aliphatic carbocycles. The highest BCUT2D eigenvalue weighted by Gasteiger charge is 2.18. The van der Waals surface area contributed by atoms with E-state index in [9.17, 15) is 13.2 Å². The zero-order chi connectivity index (χ0) is 21.1. The number of amides is 1. The zero-order valence-corrected chi connectivity index (χ0v) is 17.3. The van der Waals surface area contributed by atoms with Crippen LogP contribution in [0, 0.1) is 0 Å². The van der Waals surface area contributed by atoms with Crippen molar-refractivity contribution in [2.45, 2.75) is 31.1 Å². The van der Waals surface area contributed by atoms with E-state index in [1.54, 1.807) is 54.9 Å². The van der Waals surface area contributed by atoms with Crippen molar-refractivity contribution in [2.24, 2.45) is 0 Å². The second-order valence-corrected chi connectivity index (χ2v) is 9.33. The lowest BCUT2D eigenvalue weighted by Gasteiger charge is -2.19. The Balaban J connectivity index is 1.77. The standard InChI is InChI=1S/C22H23N3O3S/c1-22(2,3)17-7-9-20(10-8-17)29(27,28)25-19-6-4-5-16(15-19)21(26)24-18-11-13-23-14-12-18/h4-15,25H,1-3H3,(H,23,24,26). The summed E-state index contributed by atoms with van der Waals surface area (Å²) >= 11 is 0. The highest BCUT2D eigenvalue weighted by atomic mass is 32.2. The van der Waals surface area contributed by atoms with E-state index in [0.29, 0.717) is 16.9 Å². The van der Waals surface area contributed by atoms with Crippen molar-refractivity contribution in [3.8, 4) is 0 Å². The van der Waals surface area contributed by atoms with E-state index in [1.165, 1.54) is 6.07 Å². The molecule has 3 rings (SSSR count). The van der Waals surface area contributed by atoms with Crippen LogP contribution in [-0.4, -0.2) is 19.3 Å². The first kappa shape index (κ1) is 20.5. The molecule has 7 heteroatoms. The molecule has 3 aromatic rings. The molecule has 1 amide bonds. The van der Waals surface area contributed by atoms with Crippen LogP contribution in [0.2, 0.25) is 0 Å². The largest absolute Gasteiger partial charge is 0.322 e. The fourth-order valence-electron chi connectivity index (χ4n) is 2.71. The van der Waals surface area contributed by atoms with Crippen LogP contribution in [0.3, 0.4) is 0 Å². The second-order valence-electron chi connectivity index (χ2n) is 7.65. The summed E-state index contributed by atoms with van der Waals surface area (Å²) < 4.78 is 28.0. The average molecular weight is 410 g/mol. The Hall–Kier alpha value is -3.19. The van der Waals surface area contributed by atoms with Crippen molar-refractivity contribution < 1.29 is 13.2 Å². The maximum Gasteiger partial charge on any atom is 0.261 e. The van der Waals surface area contributed by atoms with Crippen molar-refractivity contribution in [2.75, 3.05) is 10.0 Å². The molecular weight excluding hydrogens is 386 g/mol. The molecule has 1 heterocycles. The van der Waals surface area contributed by atoms with Crippen LogP contribution in [0.5, 0.6) is 0 Å². The van der Waals surface area contributed by atoms with Crippen molar-refractivity contribution >= 4 is 27.3 Å². The lowest BCUT2D eigenvalue weighted by molar-refractivity contribution is 0.102. The maximum absolute atomic E-state index is 12.7. The van der Waals surface area contributed by atoms with Crippen molar-refractivity contribution in [1.29, 1.82) is 0 Å². The number of carbonyl (C=O) groups is 1. The lowest BCUT2D eigenvalue weighted by atomic mass is 9.87. The van der Waals surface area contributed by atoms with Gasteiger partial charge in [0.05, 0.1) is 4.90 Å². The first-order chi connectivity index (χ1) is 13.6. The van der Waals surface area contributed by atoms with Gasteiger partial charge in [0.1, 0.15) is 0 Å². The van der Waals surface area contributed by atoms with Gasteiger partial charge in [-0.1, -0.05) is 39.0 Å². The lowest BCUT2D eigenvalue weighted by Crippen LogP contribution is -2.16. The molecule has 6 nitrogen and oxygen atoms in total. The number of sulfonamides is 1. The van der Waals surface area contributed by atoms with E-state index in [2.05, 4.69) is 35.8 Å². The molecule has 29 heavy (non-hydrogen) atoms. The smallest absolute Gasteiger partial charge is 0.261 e. The number of nitrogens with zero attached hydrogens (tertiary/aromatic N) is 1. The molecule has 0 unspecified atom stereocenters. The highest BCUT2D eigenvalue weighted by molar-refractivity contribution is 7.92. The van der Waals surface area contributed by atoms with Gasteiger partial charge in [0.2, 0.25) is 0 Å². The van der Waals surface area contributed by atoms with Crippen LogP contribution in [0.1, 0.15) is 36.7 Å². The van der Waals surface area contributed by atoms with Crippen LogP contribution in [0.25, 0.3) is 0 Å². The van der Waals surface area contributed by atoms with Crippen LogP contribution < -0.4 is 10.0 Å². The third-order valence-corrected chi connectivity index (χ3v) is 5.74. The van der Waals surface area contributed by atoms with Crippen molar-refractivity contribution in [3.05, 3.63) is 84.2 Å². The minimum Gasteiger partial charge on any atom is -0.322 e. The summed E-state index contributed by atoms with van der Waals surface area (Å²) in [4.78, 5) is 16.5. The summed E-state index contributed by atoms with van der Waals surface area (Å²) in [6, 6.07) is 16.5. The maximum atomic E-state index is 12.7. The molecule has 150 valence electrons. The first-order valence-electron chi connectivity index (χ1n) is 9.10. The Bertz CT molecular complexity index is 1100. The summed E-state index contributed by atoms with van der Waals surface area (Å²) in [5, 5.41) is 2.74. The van der Waals surface area contributed by atoms with Gasteiger partial charge in [0.25, 0.3) is 15.9 Å². The predicted molar refractivity (Wildman–Crippen MR) is 115 cm³/mol. The monoisotopic (exact) mass is 409 g/mol. The summed E-state index contributed by atoms with van der Waals surface area (Å²) in [5.41, 5.74) is 2.24. The van der Waals surface area contributed by atoms with E-state index >= 15 is 0 Å². The molecule has 0 fully saturated rings. The van der Waals surface area contributed by atoms with Gasteiger partial charge in [-0.25, -0.2) is 8.42 Å². The molecule has 2 aromatic carbocycles. The zero-order valence-electron chi connectivity index (χ0n) is 16.5. The Morgan fingerprint density at radius 1 is 0.897 bits per heavy atom. The molecule has 0 saturated carbocycles. The molecule has 0 saturated heterocycles. The van der Waals surface area contributed by atoms with Gasteiger partial charge in [-0.05, 0) is 53.4 Å². The molecule has 0 radical (unpaired) electrons. The van der Waals surface area contributed by atoms with E-state index in [4.69, 9.17) is 0 Å². The fraction of sp³-hybridized carbons (Fsp3) is 0.182. The van der Waals surface area contributed by atoms with Crippen molar-refractivity contribution in [3.63, 3.8) is 0 Å². The predicted octanol–water partition coefficient (Wildman–Crippen LogP) is 4.43. The Kier molecular flexibility index (Phi) is 5.70. The number of carbonyl (C=O) groups excluding carboxylic acids is 1. The molecule has 0 aliphatic heterocycles. The van der Waals surface area contributed by atoms with Gasteiger partial charge in [0, 0.05) is 29.3 Å². The van der Waals surface area contributed by atoms with E-state index in [-0.39, 0.29) is 16.2 Å². The molecule has 2 N–H and O–H groups in total. The second kappa shape index (κ2) is 8.05. The summed E-state index contributed by atoms with van der Waals surface area (Å²) in [5.74, 6) is -0.341. The van der Waals surface area contributed by atoms with Gasteiger partial charge < -0.3 is 5.32 Å². The SMILES string of the molecule is CC(C)(C)c1ccc(S(=O)(=O)Nc2cccc(C(=O)Nc3ccncc3)c2)cc1. The summed E-state index contributed by atoms with van der Waals surface area (Å²) in [6.07, 6.45) is 3.15. The Morgan fingerprint density at radius 2 is 1.55 bits per heavy atom. The minimum absolute atomic E-state index is 0.0633. The number of nitrogens with one attached hydrogen (secondary N) is 2. The number of rotatable bonds is 5. The Labute approximate surface area is 171 Å². The quantitative estimate of drug-likeness (QED) is 0.652. The molecule has 0 aliphatic rings. The van der Waals surface area contributed by atoms with Gasteiger partial charge in [0.15, 0.2) is 0 Å². The number of benzene rings is 2. The van der Waals surface area contributed by atoms with Crippen LogP contribution in [0.4, 0.5) is 11.4 Å². The van der Waals surface area contributed by atoms with Gasteiger partial charge in [-0.15, -0.1) is 0 Å². The van der Waals surface area contributed by atoms with E-state index < -0.39 is 10.0 Å². The van der Waals surface area contributed by atoms with Crippen LogP contribution >= 0.6 is 0 Å². The molecule has 1 aromatic heterocycles. The molecular formula is C22H23N3O3S. The van der Waals surface area contributed by atoms with Gasteiger partial charge >= 0.3 is 0 Å².